The molecular weight excluding hydrogens is 232 g/mol. The van der Waals surface area contributed by atoms with Crippen molar-refractivity contribution in [2.24, 2.45) is 0 Å². The van der Waals surface area contributed by atoms with Crippen molar-refractivity contribution in [2.45, 2.75) is 26.4 Å². The van der Waals surface area contributed by atoms with Crippen LogP contribution in [0.3, 0.4) is 0 Å². The van der Waals surface area contributed by atoms with Crippen LogP contribution in [-0.2, 0) is 9.59 Å². The largest absolute Gasteiger partial charge is 0.479 e. The number of aliphatic carboxylic acids is 1. The summed E-state index contributed by atoms with van der Waals surface area (Å²) in [5.74, 6) is -1.54. The van der Waals surface area contributed by atoms with E-state index >= 15 is 0 Å². The zero-order valence-electron chi connectivity index (χ0n) is 8.85. The van der Waals surface area contributed by atoms with Crippen molar-refractivity contribution in [3.05, 3.63) is 10.6 Å². The minimum Gasteiger partial charge on any atom is -0.479 e. The van der Waals surface area contributed by atoms with Gasteiger partial charge in [0.2, 0.25) is 5.91 Å². The normalized spacial score (nSPS) is 12.2. The zero-order chi connectivity index (χ0) is 12.3. The lowest BCUT2D eigenvalue weighted by atomic mass is 10.2. The van der Waals surface area contributed by atoms with Crippen LogP contribution in [0.2, 0.25) is 0 Å². The fourth-order valence-corrected chi connectivity index (χ4v) is 2.00. The number of amides is 1. The van der Waals surface area contributed by atoms with Gasteiger partial charge < -0.3 is 15.5 Å². The van der Waals surface area contributed by atoms with Crippen molar-refractivity contribution < 1.29 is 19.8 Å². The fourth-order valence-electron chi connectivity index (χ4n) is 1.04. The highest BCUT2D eigenvalue weighted by atomic mass is 32.1. The van der Waals surface area contributed by atoms with E-state index in [0.29, 0.717) is 17.2 Å². The van der Waals surface area contributed by atoms with Crippen LogP contribution in [0.4, 0.5) is 5.13 Å². The highest BCUT2D eigenvalue weighted by molar-refractivity contribution is 7.16. The summed E-state index contributed by atoms with van der Waals surface area (Å²) >= 11 is 0.966. The van der Waals surface area contributed by atoms with Crippen molar-refractivity contribution in [1.29, 1.82) is 0 Å². The van der Waals surface area contributed by atoms with Gasteiger partial charge in [-0.1, -0.05) is 18.3 Å². The molecule has 0 fully saturated rings. The third-order valence-corrected chi connectivity index (χ3v) is 3.01. The maximum Gasteiger partial charge on any atom is 0.338 e. The van der Waals surface area contributed by atoms with E-state index in [4.69, 9.17) is 5.11 Å². The third-order valence-electron chi connectivity index (χ3n) is 1.88. The first-order valence-electron chi connectivity index (χ1n) is 4.63. The first-order valence-corrected chi connectivity index (χ1v) is 5.45. The number of thiazole rings is 1. The molecule has 0 saturated heterocycles. The summed E-state index contributed by atoms with van der Waals surface area (Å²) in [6.07, 6.45) is -1.28. The predicted octanol–water partition coefficient (Wildman–Crippen LogP) is 0.918. The first kappa shape index (κ1) is 12.6. The van der Waals surface area contributed by atoms with Crippen molar-refractivity contribution in [1.82, 2.24) is 4.98 Å². The van der Waals surface area contributed by atoms with Gasteiger partial charge in [-0.25, -0.2) is 9.78 Å². The number of aliphatic hydroxyl groups excluding tert-OH is 1. The molecule has 1 rings (SSSR count). The third kappa shape index (κ3) is 2.77. The summed E-state index contributed by atoms with van der Waals surface area (Å²) in [7, 11) is 0. The van der Waals surface area contributed by atoms with Gasteiger partial charge in [-0.05, 0) is 6.92 Å². The molecule has 16 heavy (non-hydrogen) atoms. The molecule has 0 aliphatic carbocycles. The highest BCUT2D eigenvalue weighted by Crippen LogP contribution is 2.28. The van der Waals surface area contributed by atoms with Crippen LogP contribution >= 0.6 is 11.3 Å². The summed E-state index contributed by atoms with van der Waals surface area (Å²) in [6.45, 7) is 3.28. The Morgan fingerprint density at radius 1 is 1.56 bits per heavy atom. The average molecular weight is 244 g/mol. The Kier molecular flexibility index (Phi) is 3.97. The number of hydrogen-bond donors (Lipinski definition) is 3. The van der Waals surface area contributed by atoms with Crippen molar-refractivity contribution in [2.75, 3.05) is 5.32 Å². The number of carbonyl (C=O) groups excluding carboxylic acids is 1. The molecule has 0 aliphatic heterocycles. The first-order chi connectivity index (χ1) is 7.45. The number of nitrogens with one attached hydrogen (secondary N) is 1. The number of carbonyl (C=O) groups is 2. The van der Waals surface area contributed by atoms with E-state index in [0.717, 1.165) is 11.3 Å². The smallest absolute Gasteiger partial charge is 0.338 e. The van der Waals surface area contributed by atoms with Crippen LogP contribution in [0.25, 0.3) is 0 Å². The molecule has 0 spiro atoms. The monoisotopic (exact) mass is 244 g/mol. The van der Waals surface area contributed by atoms with Gasteiger partial charge in [-0.3, -0.25) is 4.79 Å². The van der Waals surface area contributed by atoms with Crippen molar-refractivity contribution in [3.63, 3.8) is 0 Å². The van der Waals surface area contributed by atoms with E-state index in [1.165, 1.54) is 0 Å². The Morgan fingerprint density at radius 3 is 2.69 bits per heavy atom. The Balaban J connectivity index is 2.89. The Labute approximate surface area is 95.9 Å². The maximum atomic E-state index is 11.1. The number of carboxylic acid groups (broad SMARTS) is 1. The molecule has 0 radical (unpaired) electrons. The van der Waals surface area contributed by atoms with E-state index in [9.17, 15) is 14.7 Å². The standard InChI is InChI=1S/C9H12N2O4S/c1-3-5(12)11-9-10-4(2)7(16-9)6(13)8(14)15/h6,13H,3H2,1-2H3,(H,14,15)(H,10,11,12). The number of rotatable bonds is 4. The Bertz CT molecular complexity index is 416. The Hall–Kier alpha value is -1.47. The molecule has 0 bridgehead atoms. The lowest BCUT2D eigenvalue weighted by Gasteiger charge is -2.01. The quantitative estimate of drug-likeness (QED) is 0.731. The molecule has 1 amide bonds. The van der Waals surface area contributed by atoms with Crippen LogP contribution in [0, 0.1) is 6.92 Å². The molecule has 0 aromatic carbocycles. The number of anilines is 1. The van der Waals surface area contributed by atoms with Crippen LogP contribution in [0.15, 0.2) is 0 Å². The van der Waals surface area contributed by atoms with E-state index < -0.39 is 12.1 Å². The van der Waals surface area contributed by atoms with E-state index in [1.807, 2.05) is 0 Å². The second kappa shape index (κ2) is 5.04. The van der Waals surface area contributed by atoms with Gasteiger partial charge in [0.25, 0.3) is 0 Å². The average Bonchev–Trinajstić information content (AvgIpc) is 2.57. The fraction of sp³-hybridized carbons (Fsp3) is 0.444. The molecule has 1 atom stereocenters. The summed E-state index contributed by atoms with van der Waals surface area (Å²) in [4.78, 5) is 25.9. The second-order valence-corrected chi connectivity index (χ2v) is 4.14. The molecule has 0 saturated carbocycles. The van der Waals surface area contributed by atoms with E-state index in [1.54, 1.807) is 13.8 Å². The van der Waals surface area contributed by atoms with Crippen LogP contribution < -0.4 is 5.32 Å². The lowest BCUT2D eigenvalue weighted by molar-refractivity contribution is -0.146. The molecule has 1 unspecified atom stereocenters. The van der Waals surface area contributed by atoms with Gasteiger partial charge in [0.1, 0.15) is 0 Å². The predicted molar refractivity (Wildman–Crippen MR) is 58.4 cm³/mol. The SMILES string of the molecule is CCC(=O)Nc1nc(C)c(C(O)C(=O)O)s1. The molecule has 1 aromatic rings. The maximum absolute atomic E-state index is 11.1. The summed E-state index contributed by atoms with van der Waals surface area (Å²) in [5, 5.41) is 20.8. The lowest BCUT2D eigenvalue weighted by Crippen LogP contribution is -2.09. The molecule has 1 aromatic heterocycles. The zero-order valence-corrected chi connectivity index (χ0v) is 9.67. The topological polar surface area (TPSA) is 99.5 Å². The van der Waals surface area contributed by atoms with Crippen LogP contribution in [0.5, 0.6) is 0 Å². The van der Waals surface area contributed by atoms with Crippen molar-refractivity contribution in [3.8, 4) is 0 Å². The molecule has 7 heteroatoms. The minimum absolute atomic E-state index is 0.204. The summed E-state index contributed by atoms with van der Waals surface area (Å²) in [6, 6.07) is 0. The molecule has 3 N–H and O–H groups in total. The van der Waals surface area contributed by atoms with Gasteiger partial charge in [0.05, 0.1) is 10.6 Å². The van der Waals surface area contributed by atoms with Gasteiger partial charge in [-0.15, -0.1) is 0 Å². The number of aryl methyl sites for hydroxylation is 1. The van der Waals surface area contributed by atoms with Crippen LogP contribution in [-0.4, -0.2) is 27.1 Å². The molecular formula is C9H12N2O4S. The number of aliphatic hydroxyl groups is 1. The molecule has 6 nitrogen and oxygen atoms in total. The summed E-state index contributed by atoms with van der Waals surface area (Å²) in [5.41, 5.74) is 0.409. The van der Waals surface area contributed by atoms with E-state index in [-0.39, 0.29) is 10.8 Å². The van der Waals surface area contributed by atoms with Gasteiger partial charge >= 0.3 is 5.97 Å². The van der Waals surface area contributed by atoms with E-state index in [2.05, 4.69) is 10.3 Å². The summed E-state index contributed by atoms with van der Waals surface area (Å²) < 4.78 is 0. The van der Waals surface area contributed by atoms with Crippen molar-refractivity contribution >= 4 is 28.3 Å². The number of hydrogen-bond acceptors (Lipinski definition) is 5. The highest BCUT2D eigenvalue weighted by Gasteiger charge is 2.22. The minimum atomic E-state index is -1.59. The van der Waals surface area contributed by atoms with Gasteiger partial charge in [-0.2, -0.15) is 0 Å². The van der Waals surface area contributed by atoms with Gasteiger partial charge in [0, 0.05) is 6.42 Å². The van der Waals surface area contributed by atoms with Gasteiger partial charge in [0.15, 0.2) is 11.2 Å². The second-order valence-electron chi connectivity index (χ2n) is 3.11. The molecule has 1 heterocycles. The molecule has 0 aliphatic rings. The number of nitrogens with zero attached hydrogens (tertiary/aromatic N) is 1. The number of aromatic nitrogens is 1. The van der Waals surface area contributed by atoms with Crippen LogP contribution in [0.1, 0.15) is 30.0 Å². The molecule has 88 valence electrons. The number of carboxylic acids is 1. The Morgan fingerprint density at radius 2 is 2.19 bits per heavy atom.